The van der Waals surface area contributed by atoms with Crippen LogP contribution in [0.4, 0.5) is 5.69 Å². The summed E-state index contributed by atoms with van der Waals surface area (Å²) in [6.45, 7) is 4.81. The molecule has 3 aromatic rings. The van der Waals surface area contributed by atoms with Crippen molar-refractivity contribution in [1.82, 2.24) is 10.2 Å². The second-order valence-corrected chi connectivity index (χ2v) is 7.64. The van der Waals surface area contributed by atoms with E-state index in [1.807, 2.05) is 31.2 Å². The van der Waals surface area contributed by atoms with E-state index < -0.39 is 5.25 Å². The van der Waals surface area contributed by atoms with Crippen LogP contribution in [0.25, 0.3) is 11.5 Å². The van der Waals surface area contributed by atoms with E-state index in [1.54, 1.807) is 25.1 Å². The Morgan fingerprint density at radius 3 is 2.75 bits per heavy atom. The Labute approximate surface area is 166 Å². The number of nitrogens with zero attached hydrogens (tertiary/aromatic N) is 2. The molecular weight excluding hydrogens is 378 g/mol. The molecule has 1 aliphatic heterocycles. The third kappa shape index (κ3) is 4.12. The molecule has 0 aliphatic carbocycles. The number of aromatic nitrogens is 2. The summed E-state index contributed by atoms with van der Waals surface area (Å²) in [4.78, 5) is 12.5. The summed E-state index contributed by atoms with van der Waals surface area (Å²) in [5, 5.41) is 10.9. The van der Waals surface area contributed by atoms with E-state index in [1.165, 1.54) is 11.8 Å². The lowest BCUT2D eigenvalue weighted by atomic mass is 10.1. The Balaban J connectivity index is 1.40. The van der Waals surface area contributed by atoms with E-state index in [0.717, 1.165) is 11.1 Å². The van der Waals surface area contributed by atoms with Crippen LogP contribution >= 0.6 is 11.8 Å². The molecule has 0 spiro atoms. The number of hydrogen-bond acceptors (Lipinski definition) is 7. The van der Waals surface area contributed by atoms with Gasteiger partial charge in [0.15, 0.2) is 11.5 Å². The molecule has 1 amide bonds. The molecular formula is C20H19N3O4S. The SMILES string of the molecule is Cc1cccc(-c2nnc(S[C@@H](C)C(=O)Nc3ccc4c(c3)OCCO4)o2)c1. The lowest BCUT2D eigenvalue weighted by molar-refractivity contribution is -0.115. The first kappa shape index (κ1) is 18.4. The average Bonchev–Trinajstić information content (AvgIpc) is 3.16. The Morgan fingerprint density at radius 1 is 1.11 bits per heavy atom. The van der Waals surface area contributed by atoms with Crippen LogP contribution in [-0.2, 0) is 4.79 Å². The number of ether oxygens (including phenoxy) is 2. The van der Waals surface area contributed by atoms with Crippen molar-refractivity contribution in [2.24, 2.45) is 0 Å². The predicted octanol–water partition coefficient (Wildman–Crippen LogP) is 3.94. The number of hydrogen-bond donors (Lipinski definition) is 1. The van der Waals surface area contributed by atoms with E-state index in [9.17, 15) is 4.79 Å². The molecule has 0 saturated carbocycles. The maximum atomic E-state index is 12.5. The number of nitrogens with one attached hydrogen (secondary N) is 1. The minimum absolute atomic E-state index is 0.169. The van der Waals surface area contributed by atoms with Gasteiger partial charge in [-0.2, -0.15) is 0 Å². The summed E-state index contributed by atoms with van der Waals surface area (Å²) in [7, 11) is 0. The number of anilines is 1. The highest BCUT2D eigenvalue weighted by atomic mass is 32.2. The molecule has 2 aromatic carbocycles. The highest BCUT2D eigenvalue weighted by molar-refractivity contribution is 8.00. The molecule has 1 aliphatic rings. The van der Waals surface area contributed by atoms with Crippen LogP contribution in [0.3, 0.4) is 0 Å². The van der Waals surface area contributed by atoms with Gasteiger partial charge in [-0.25, -0.2) is 0 Å². The summed E-state index contributed by atoms with van der Waals surface area (Å²) in [6.07, 6.45) is 0. The standard InChI is InChI=1S/C20H19N3O4S/c1-12-4-3-5-14(10-12)19-22-23-20(27-19)28-13(2)18(24)21-15-6-7-16-17(11-15)26-9-8-25-16/h3-7,10-11,13H,8-9H2,1-2H3,(H,21,24)/t13-/m0/s1. The molecule has 0 radical (unpaired) electrons. The molecule has 1 N–H and O–H groups in total. The molecule has 1 aromatic heterocycles. The Kier molecular flexibility index (Phi) is 5.21. The monoisotopic (exact) mass is 397 g/mol. The summed E-state index contributed by atoms with van der Waals surface area (Å²) < 4.78 is 16.7. The van der Waals surface area contributed by atoms with Crippen molar-refractivity contribution in [1.29, 1.82) is 0 Å². The van der Waals surface area contributed by atoms with Gasteiger partial charge in [-0.15, -0.1) is 10.2 Å². The van der Waals surface area contributed by atoms with Crippen LogP contribution in [0.1, 0.15) is 12.5 Å². The maximum Gasteiger partial charge on any atom is 0.277 e. The van der Waals surface area contributed by atoms with Gasteiger partial charge in [-0.1, -0.05) is 29.5 Å². The molecule has 0 bridgehead atoms. The molecule has 8 heteroatoms. The van der Waals surface area contributed by atoms with Crippen LogP contribution in [0.15, 0.2) is 52.1 Å². The van der Waals surface area contributed by atoms with Crippen molar-refractivity contribution in [2.75, 3.05) is 18.5 Å². The quantitative estimate of drug-likeness (QED) is 0.653. The highest BCUT2D eigenvalue weighted by Gasteiger charge is 2.20. The number of aryl methyl sites for hydroxylation is 1. The van der Waals surface area contributed by atoms with Gasteiger partial charge in [0.2, 0.25) is 11.8 Å². The topological polar surface area (TPSA) is 86.5 Å². The normalized spacial score (nSPS) is 13.8. The molecule has 144 valence electrons. The summed E-state index contributed by atoms with van der Waals surface area (Å²) in [6, 6.07) is 13.1. The molecule has 4 rings (SSSR count). The molecule has 2 heterocycles. The van der Waals surface area contributed by atoms with E-state index in [4.69, 9.17) is 13.9 Å². The summed E-state index contributed by atoms with van der Waals surface area (Å²) in [5.74, 6) is 1.58. The molecule has 0 saturated heterocycles. The second kappa shape index (κ2) is 7.93. The number of fused-ring (bicyclic) bond motifs is 1. The number of carbonyl (C=O) groups excluding carboxylic acids is 1. The zero-order valence-corrected chi connectivity index (χ0v) is 16.3. The second-order valence-electron chi connectivity index (χ2n) is 6.35. The van der Waals surface area contributed by atoms with E-state index in [0.29, 0.717) is 41.5 Å². The Bertz CT molecular complexity index is 1000. The molecule has 0 fully saturated rings. The molecule has 1 atom stereocenters. The lowest BCUT2D eigenvalue weighted by Crippen LogP contribution is -2.22. The zero-order valence-electron chi connectivity index (χ0n) is 15.5. The smallest absolute Gasteiger partial charge is 0.277 e. The van der Waals surface area contributed by atoms with E-state index in [2.05, 4.69) is 15.5 Å². The van der Waals surface area contributed by atoms with Gasteiger partial charge in [-0.05, 0) is 38.1 Å². The van der Waals surface area contributed by atoms with Crippen molar-refractivity contribution >= 4 is 23.4 Å². The number of carbonyl (C=O) groups is 1. The average molecular weight is 397 g/mol. The van der Waals surface area contributed by atoms with Crippen LogP contribution in [0.2, 0.25) is 0 Å². The first-order valence-corrected chi connectivity index (χ1v) is 9.74. The third-order valence-corrected chi connectivity index (χ3v) is 5.06. The summed E-state index contributed by atoms with van der Waals surface area (Å²) >= 11 is 1.21. The maximum absolute atomic E-state index is 12.5. The number of thioether (sulfide) groups is 1. The number of benzene rings is 2. The lowest BCUT2D eigenvalue weighted by Gasteiger charge is -2.19. The molecule has 28 heavy (non-hydrogen) atoms. The van der Waals surface area contributed by atoms with Crippen LogP contribution in [-0.4, -0.2) is 34.6 Å². The number of amides is 1. The van der Waals surface area contributed by atoms with Gasteiger partial charge >= 0.3 is 0 Å². The Hall–Kier alpha value is -3.00. The predicted molar refractivity (Wildman–Crippen MR) is 106 cm³/mol. The van der Waals surface area contributed by atoms with E-state index >= 15 is 0 Å². The van der Waals surface area contributed by atoms with Crippen LogP contribution in [0.5, 0.6) is 11.5 Å². The van der Waals surface area contributed by atoms with Crippen molar-refractivity contribution < 1.29 is 18.7 Å². The molecule has 7 nitrogen and oxygen atoms in total. The fraction of sp³-hybridized carbons (Fsp3) is 0.250. The first-order valence-electron chi connectivity index (χ1n) is 8.86. The zero-order chi connectivity index (χ0) is 19.5. The minimum atomic E-state index is -0.418. The minimum Gasteiger partial charge on any atom is -0.486 e. The van der Waals surface area contributed by atoms with Gasteiger partial charge in [0.25, 0.3) is 5.22 Å². The van der Waals surface area contributed by atoms with Gasteiger partial charge in [-0.3, -0.25) is 4.79 Å². The van der Waals surface area contributed by atoms with Crippen molar-refractivity contribution in [3.63, 3.8) is 0 Å². The van der Waals surface area contributed by atoms with Crippen molar-refractivity contribution in [3.8, 4) is 23.0 Å². The van der Waals surface area contributed by atoms with Crippen LogP contribution < -0.4 is 14.8 Å². The largest absolute Gasteiger partial charge is 0.486 e. The fourth-order valence-corrected chi connectivity index (χ4v) is 3.41. The fourth-order valence-electron chi connectivity index (χ4n) is 2.72. The summed E-state index contributed by atoms with van der Waals surface area (Å²) in [5.41, 5.74) is 2.61. The van der Waals surface area contributed by atoms with Gasteiger partial charge in [0.1, 0.15) is 13.2 Å². The van der Waals surface area contributed by atoms with Crippen molar-refractivity contribution in [3.05, 3.63) is 48.0 Å². The van der Waals surface area contributed by atoms with Crippen molar-refractivity contribution in [2.45, 2.75) is 24.3 Å². The van der Waals surface area contributed by atoms with E-state index in [-0.39, 0.29) is 5.91 Å². The van der Waals surface area contributed by atoms with Gasteiger partial charge in [0, 0.05) is 17.3 Å². The van der Waals surface area contributed by atoms with Gasteiger partial charge < -0.3 is 19.2 Å². The highest BCUT2D eigenvalue weighted by Crippen LogP contribution is 2.33. The van der Waals surface area contributed by atoms with Crippen LogP contribution in [0, 0.1) is 6.92 Å². The first-order chi connectivity index (χ1) is 13.6. The number of rotatable bonds is 5. The molecule has 0 unspecified atom stereocenters. The Morgan fingerprint density at radius 2 is 1.93 bits per heavy atom. The third-order valence-electron chi connectivity index (χ3n) is 4.13. The van der Waals surface area contributed by atoms with Gasteiger partial charge in [0.05, 0.1) is 5.25 Å².